The van der Waals surface area contributed by atoms with E-state index in [-0.39, 0.29) is 17.2 Å². The highest BCUT2D eigenvalue weighted by Crippen LogP contribution is 2.33. The third-order valence-electron chi connectivity index (χ3n) is 4.94. The largest absolute Gasteiger partial charge is 0.497 e. The fourth-order valence-electron chi connectivity index (χ4n) is 3.25. The fourth-order valence-corrected chi connectivity index (χ4v) is 3.25. The molecule has 0 bridgehead atoms. The maximum atomic E-state index is 12.7. The molecular formula is C20H19N5O3. The van der Waals surface area contributed by atoms with E-state index in [9.17, 15) is 10.1 Å². The van der Waals surface area contributed by atoms with E-state index in [4.69, 9.17) is 9.47 Å². The summed E-state index contributed by atoms with van der Waals surface area (Å²) in [6.07, 6.45) is 4.50. The third-order valence-corrected chi connectivity index (χ3v) is 4.94. The van der Waals surface area contributed by atoms with Gasteiger partial charge in [-0.05, 0) is 25.3 Å². The van der Waals surface area contributed by atoms with E-state index in [0.29, 0.717) is 34.2 Å². The summed E-state index contributed by atoms with van der Waals surface area (Å²) in [6.45, 7) is 0. The Labute approximate surface area is 161 Å². The average Bonchev–Trinajstić information content (AvgIpc) is 2.68. The number of nitriles is 1. The summed E-state index contributed by atoms with van der Waals surface area (Å²) in [7, 11) is 3.16. The molecule has 1 fully saturated rings. The van der Waals surface area contributed by atoms with Gasteiger partial charge in [-0.2, -0.15) is 10.2 Å². The Morgan fingerprint density at radius 3 is 2.46 bits per heavy atom. The second-order valence-corrected chi connectivity index (χ2v) is 6.63. The van der Waals surface area contributed by atoms with Crippen LogP contribution in [-0.2, 0) is 0 Å². The number of fused-ring (bicyclic) bond motifs is 1. The number of nitrogens with zero attached hydrogens (tertiary/aromatic N) is 4. The van der Waals surface area contributed by atoms with Gasteiger partial charge >= 0.3 is 0 Å². The lowest BCUT2D eigenvalue weighted by molar-refractivity contribution is 0.313. The molecule has 0 radical (unpaired) electrons. The van der Waals surface area contributed by atoms with Gasteiger partial charge in [-0.25, -0.2) is 4.98 Å². The molecule has 1 saturated carbocycles. The van der Waals surface area contributed by atoms with E-state index in [1.165, 1.54) is 0 Å². The molecule has 4 rings (SSSR count). The Kier molecular flexibility index (Phi) is 4.57. The zero-order valence-electron chi connectivity index (χ0n) is 15.6. The molecule has 0 amide bonds. The Morgan fingerprint density at radius 1 is 1.18 bits per heavy atom. The number of rotatable bonds is 5. The van der Waals surface area contributed by atoms with E-state index in [1.807, 2.05) is 6.07 Å². The molecule has 1 aliphatic rings. The highest BCUT2D eigenvalue weighted by molar-refractivity contribution is 5.77. The summed E-state index contributed by atoms with van der Waals surface area (Å²) in [5, 5.41) is 13.1. The topological polar surface area (TPSA) is 102 Å². The number of pyridine rings is 1. The summed E-state index contributed by atoms with van der Waals surface area (Å²) in [4.78, 5) is 21.6. The maximum Gasteiger partial charge on any atom is 0.270 e. The van der Waals surface area contributed by atoms with Crippen molar-refractivity contribution in [2.75, 3.05) is 19.5 Å². The molecule has 0 unspecified atom stereocenters. The van der Waals surface area contributed by atoms with Crippen molar-refractivity contribution in [3.63, 3.8) is 0 Å². The second kappa shape index (κ2) is 7.19. The number of methoxy groups -OCH3 is 2. The number of hydrogen-bond acceptors (Lipinski definition) is 7. The molecular weight excluding hydrogens is 358 g/mol. The zero-order valence-corrected chi connectivity index (χ0v) is 15.6. The summed E-state index contributed by atoms with van der Waals surface area (Å²) in [5.74, 6) is 1.61. The Hall–Kier alpha value is -3.60. The van der Waals surface area contributed by atoms with Gasteiger partial charge in [-0.3, -0.25) is 9.36 Å². The van der Waals surface area contributed by atoms with E-state index < -0.39 is 0 Å². The van der Waals surface area contributed by atoms with Gasteiger partial charge in [-0.1, -0.05) is 0 Å². The monoisotopic (exact) mass is 377 g/mol. The van der Waals surface area contributed by atoms with Crippen molar-refractivity contribution in [3.8, 4) is 17.6 Å². The first-order chi connectivity index (χ1) is 13.6. The molecule has 3 aromatic rings. The first-order valence-corrected chi connectivity index (χ1v) is 8.95. The van der Waals surface area contributed by atoms with Gasteiger partial charge < -0.3 is 14.8 Å². The van der Waals surface area contributed by atoms with Crippen molar-refractivity contribution in [2.45, 2.75) is 25.3 Å². The van der Waals surface area contributed by atoms with Gasteiger partial charge in [0, 0.05) is 41.5 Å². The summed E-state index contributed by atoms with van der Waals surface area (Å²) < 4.78 is 12.2. The molecule has 2 heterocycles. The van der Waals surface area contributed by atoms with Gasteiger partial charge in [0.2, 0.25) is 5.95 Å². The summed E-state index contributed by atoms with van der Waals surface area (Å²) in [6, 6.07) is 8.96. The number of ether oxygens (including phenoxy) is 2. The first-order valence-electron chi connectivity index (χ1n) is 8.95. The van der Waals surface area contributed by atoms with Crippen molar-refractivity contribution < 1.29 is 9.47 Å². The van der Waals surface area contributed by atoms with Crippen molar-refractivity contribution in [2.24, 2.45) is 0 Å². The minimum absolute atomic E-state index is 0.0722. The van der Waals surface area contributed by atoms with Crippen LogP contribution in [0.5, 0.6) is 11.5 Å². The minimum atomic E-state index is -0.299. The molecule has 1 N–H and O–H groups in total. The summed E-state index contributed by atoms with van der Waals surface area (Å²) in [5.41, 5.74) is 1.04. The first kappa shape index (κ1) is 17.8. The summed E-state index contributed by atoms with van der Waals surface area (Å²) >= 11 is 0. The van der Waals surface area contributed by atoms with Crippen molar-refractivity contribution >= 4 is 22.7 Å². The van der Waals surface area contributed by atoms with Crippen LogP contribution >= 0.6 is 0 Å². The van der Waals surface area contributed by atoms with Crippen LogP contribution in [0.2, 0.25) is 0 Å². The molecule has 0 aliphatic heterocycles. The predicted octanol–water partition coefficient (Wildman–Crippen LogP) is 3.15. The molecule has 8 heteroatoms. The normalized spacial score (nSPS) is 13.6. The SMILES string of the molecule is COc1cc(Nc2ncc3cc(C#N)c(=O)n(C4CCC4)c3n2)cc(OC)c1. The molecule has 142 valence electrons. The lowest BCUT2D eigenvalue weighted by Gasteiger charge is -2.28. The van der Waals surface area contributed by atoms with Gasteiger partial charge in [0.1, 0.15) is 28.8 Å². The lowest BCUT2D eigenvalue weighted by Crippen LogP contribution is -2.31. The molecule has 1 aliphatic carbocycles. The Balaban J connectivity index is 1.80. The van der Waals surface area contributed by atoms with E-state index in [2.05, 4.69) is 15.3 Å². The second-order valence-electron chi connectivity index (χ2n) is 6.63. The highest BCUT2D eigenvalue weighted by Gasteiger charge is 2.24. The van der Waals surface area contributed by atoms with E-state index >= 15 is 0 Å². The van der Waals surface area contributed by atoms with Gasteiger partial charge in [0.15, 0.2) is 0 Å². The Bertz CT molecular complexity index is 1120. The molecule has 28 heavy (non-hydrogen) atoms. The number of hydrogen-bond donors (Lipinski definition) is 1. The lowest BCUT2D eigenvalue weighted by atomic mass is 9.92. The quantitative estimate of drug-likeness (QED) is 0.728. The third kappa shape index (κ3) is 3.11. The van der Waals surface area contributed by atoms with E-state index in [0.717, 1.165) is 19.3 Å². The molecule has 8 nitrogen and oxygen atoms in total. The smallest absolute Gasteiger partial charge is 0.270 e. The number of nitrogens with one attached hydrogen (secondary N) is 1. The van der Waals surface area contributed by atoms with Gasteiger partial charge in [-0.15, -0.1) is 0 Å². The number of anilines is 2. The molecule has 0 atom stereocenters. The van der Waals surface area contributed by atoms with Crippen LogP contribution in [0.15, 0.2) is 35.3 Å². The molecule has 2 aromatic heterocycles. The number of benzene rings is 1. The van der Waals surface area contributed by atoms with Crippen LogP contribution in [0.25, 0.3) is 11.0 Å². The Morgan fingerprint density at radius 2 is 1.89 bits per heavy atom. The van der Waals surface area contributed by atoms with Crippen molar-refractivity contribution in [1.82, 2.24) is 14.5 Å². The van der Waals surface area contributed by atoms with Gasteiger partial charge in [0.25, 0.3) is 5.56 Å². The van der Waals surface area contributed by atoms with Crippen LogP contribution in [0.1, 0.15) is 30.9 Å². The number of aromatic nitrogens is 3. The van der Waals surface area contributed by atoms with Crippen LogP contribution in [0, 0.1) is 11.3 Å². The van der Waals surface area contributed by atoms with Gasteiger partial charge in [0.05, 0.1) is 14.2 Å². The highest BCUT2D eigenvalue weighted by atomic mass is 16.5. The van der Waals surface area contributed by atoms with Crippen molar-refractivity contribution in [1.29, 1.82) is 5.26 Å². The fraction of sp³-hybridized carbons (Fsp3) is 0.300. The standard InChI is InChI=1S/C20H19N5O3/c1-27-16-7-14(8-17(9-16)28-2)23-20-22-11-13-6-12(10-21)19(26)25(18(13)24-20)15-4-3-5-15/h6-9,11,15H,3-5H2,1-2H3,(H,22,23,24). The average molecular weight is 377 g/mol. The van der Waals surface area contributed by atoms with Crippen LogP contribution in [0.4, 0.5) is 11.6 Å². The minimum Gasteiger partial charge on any atom is -0.497 e. The van der Waals surface area contributed by atoms with E-state index in [1.54, 1.807) is 49.2 Å². The maximum absolute atomic E-state index is 12.7. The predicted molar refractivity (Wildman–Crippen MR) is 104 cm³/mol. The van der Waals surface area contributed by atoms with Crippen LogP contribution in [-0.4, -0.2) is 28.8 Å². The zero-order chi connectivity index (χ0) is 19.7. The molecule has 0 saturated heterocycles. The molecule has 1 aromatic carbocycles. The van der Waals surface area contributed by atoms with Crippen LogP contribution in [0.3, 0.4) is 0 Å². The molecule has 0 spiro atoms. The van der Waals surface area contributed by atoms with Crippen molar-refractivity contribution in [3.05, 3.63) is 46.4 Å². The van der Waals surface area contributed by atoms with Crippen LogP contribution < -0.4 is 20.3 Å².